The molecule has 27 heavy (non-hydrogen) atoms. The summed E-state index contributed by atoms with van der Waals surface area (Å²) in [5, 5.41) is 10.4. The van der Waals surface area contributed by atoms with Gasteiger partial charge >= 0.3 is 0 Å². The lowest BCUT2D eigenvalue weighted by Crippen LogP contribution is -2.34. The zero-order chi connectivity index (χ0) is 19.8. The molecule has 3 rings (SSSR count). The third kappa shape index (κ3) is 3.65. The minimum absolute atomic E-state index is 0.0570. The van der Waals surface area contributed by atoms with Crippen LogP contribution in [-0.4, -0.2) is 28.2 Å². The van der Waals surface area contributed by atoms with Gasteiger partial charge in [-0.3, -0.25) is 9.59 Å². The molecule has 0 bridgehead atoms. The van der Waals surface area contributed by atoms with Crippen LogP contribution in [0.2, 0.25) is 0 Å². The van der Waals surface area contributed by atoms with Gasteiger partial charge in [0.05, 0.1) is 11.8 Å². The summed E-state index contributed by atoms with van der Waals surface area (Å²) < 4.78 is 18.6. The summed E-state index contributed by atoms with van der Waals surface area (Å²) in [5.74, 6) is -1.36. The standard InChI is InChI=1S/C21H22FNO4/c1-21(2,3)19(25)16-17(15-5-4-12-27-15)23(20(26)18(16)24)11-10-13-6-8-14(22)9-7-13/h4-9,12,17,24H,10-11H2,1-3H3. The molecule has 0 aliphatic carbocycles. The average molecular weight is 371 g/mol. The Kier molecular flexibility index (Phi) is 4.91. The minimum Gasteiger partial charge on any atom is -0.503 e. The quantitative estimate of drug-likeness (QED) is 0.863. The van der Waals surface area contributed by atoms with Crippen molar-refractivity contribution in [2.75, 3.05) is 6.54 Å². The van der Waals surface area contributed by atoms with E-state index in [2.05, 4.69) is 0 Å². The predicted molar refractivity (Wildman–Crippen MR) is 97.4 cm³/mol. The van der Waals surface area contributed by atoms with E-state index in [1.54, 1.807) is 45.0 Å². The summed E-state index contributed by atoms with van der Waals surface area (Å²) in [6, 6.07) is 8.58. The Morgan fingerprint density at radius 2 is 1.89 bits per heavy atom. The molecule has 142 valence electrons. The topological polar surface area (TPSA) is 70.8 Å². The van der Waals surface area contributed by atoms with Gasteiger partial charge in [-0.1, -0.05) is 32.9 Å². The number of carbonyl (C=O) groups excluding carboxylic acids is 2. The van der Waals surface area contributed by atoms with E-state index in [0.717, 1.165) is 5.56 Å². The highest BCUT2D eigenvalue weighted by Gasteiger charge is 2.46. The number of Topliss-reactive ketones (excluding diaryl/α,β-unsaturated/α-hetero) is 1. The Morgan fingerprint density at radius 1 is 1.22 bits per heavy atom. The van der Waals surface area contributed by atoms with Gasteiger partial charge in [-0.05, 0) is 36.2 Å². The molecule has 0 fully saturated rings. The van der Waals surface area contributed by atoms with Crippen molar-refractivity contribution in [1.82, 2.24) is 4.90 Å². The summed E-state index contributed by atoms with van der Waals surface area (Å²) in [6.07, 6.45) is 1.92. The Morgan fingerprint density at radius 3 is 2.44 bits per heavy atom. The first-order valence-electron chi connectivity index (χ1n) is 8.77. The number of hydrogen-bond donors (Lipinski definition) is 1. The largest absolute Gasteiger partial charge is 0.503 e. The van der Waals surface area contributed by atoms with Gasteiger partial charge in [-0.2, -0.15) is 0 Å². The van der Waals surface area contributed by atoms with Crippen molar-refractivity contribution in [3.05, 3.63) is 71.1 Å². The Labute approximate surface area is 157 Å². The maximum atomic E-state index is 13.1. The lowest BCUT2D eigenvalue weighted by Gasteiger charge is -2.27. The molecule has 1 aliphatic heterocycles. The maximum Gasteiger partial charge on any atom is 0.290 e. The summed E-state index contributed by atoms with van der Waals surface area (Å²) in [5.41, 5.74) is 0.139. The fourth-order valence-corrected chi connectivity index (χ4v) is 3.16. The van der Waals surface area contributed by atoms with Crippen molar-refractivity contribution in [2.24, 2.45) is 5.41 Å². The van der Waals surface area contributed by atoms with Gasteiger partial charge < -0.3 is 14.4 Å². The van der Waals surface area contributed by atoms with Crippen LogP contribution >= 0.6 is 0 Å². The maximum absolute atomic E-state index is 13.1. The zero-order valence-corrected chi connectivity index (χ0v) is 15.5. The number of furan rings is 1. The van der Waals surface area contributed by atoms with Crippen LogP contribution in [-0.2, 0) is 16.0 Å². The molecule has 1 aliphatic rings. The van der Waals surface area contributed by atoms with E-state index in [1.165, 1.54) is 23.3 Å². The van der Waals surface area contributed by atoms with E-state index >= 15 is 0 Å². The van der Waals surface area contributed by atoms with Crippen LogP contribution < -0.4 is 0 Å². The number of rotatable bonds is 5. The van der Waals surface area contributed by atoms with Crippen LogP contribution in [0.4, 0.5) is 4.39 Å². The van der Waals surface area contributed by atoms with Crippen LogP contribution in [0.25, 0.3) is 0 Å². The summed E-state index contributed by atoms with van der Waals surface area (Å²) in [6.45, 7) is 5.46. The molecule has 0 saturated heterocycles. The van der Waals surface area contributed by atoms with Crippen molar-refractivity contribution < 1.29 is 23.5 Å². The van der Waals surface area contributed by atoms with Crippen LogP contribution in [0.15, 0.2) is 58.4 Å². The summed E-state index contributed by atoms with van der Waals surface area (Å²) in [7, 11) is 0. The first-order valence-corrected chi connectivity index (χ1v) is 8.77. The lowest BCUT2D eigenvalue weighted by atomic mass is 9.83. The van der Waals surface area contributed by atoms with Gasteiger partial charge in [-0.15, -0.1) is 0 Å². The molecule has 1 amide bonds. The molecule has 5 nitrogen and oxygen atoms in total. The molecule has 0 radical (unpaired) electrons. The van der Waals surface area contributed by atoms with E-state index in [1.807, 2.05) is 0 Å². The number of ketones is 1. The van der Waals surface area contributed by atoms with Gasteiger partial charge in [0, 0.05) is 12.0 Å². The molecule has 2 heterocycles. The highest BCUT2D eigenvalue weighted by Crippen LogP contribution is 2.41. The fourth-order valence-electron chi connectivity index (χ4n) is 3.16. The van der Waals surface area contributed by atoms with Crippen LogP contribution in [0.1, 0.15) is 38.1 Å². The number of amides is 1. The smallest absolute Gasteiger partial charge is 0.290 e. The van der Waals surface area contributed by atoms with E-state index in [4.69, 9.17) is 4.42 Å². The molecule has 0 spiro atoms. The molecule has 6 heteroatoms. The number of hydrogen-bond acceptors (Lipinski definition) is 4. The van der Waals surface area contributed by atoms with Gasteiger partial charge in [0.1, 0.15) is 17.6 Å². The molecular formula is C21H22FNO4. The second-order valence-corrected chi connectivity index (χ2v) is 7.63. The first kappa shape index (κ1) is 18.9. The van der Waals surface area contributed by atoms with Crippen LogP contribution in [0.3, 0.4) is 0 Å². The molecule has 1 atom stereocenters. The highest BCUT2D eigenvalue weighted by atomic mass is 19.1. The molecule has 1 N–H and O–H groups in total. The second kappa shape index (κ2) is 7.02. The van der Waals surface area contributed by atoms with Gasteiger partial charge in [0.2, 0.25) is 0 Å². The molecule has 1 aromatic heterocycles. The molecule has 2 aromatic rings. The summed E-state index contributed by atoms with van der Waals surface area (Å²) in [4.78, 5) is 27.0. The Bertz CT molecular complexity index is 876. The van der Waals surface area contributed by atoms with Crippen molar-refractivity contribution in [2.45, 2.75) is 33.2 Å². The number of nitrogens with zero attached hydrogens (tertiary/aromatic N) is 1. The molecule has 1 unspecified atom stereocenters. The molecular weight excluding hydrogens is 349 g/mol. The van der Waals surface area contributed by atoms with E-state index in [9.17, 15) is 19.1 Å². The number of benzene rings is 1. The lowest BCUT2D eigenvalue weighted by molar-refractivity contribution is -0.129. The normalized spacial score (nSPS) is 17.7. The van der Waals surface area contributed by atoms with Crippen molar-refractivity contribution in [1.29, 1.82) is 0 Å². The SMILES string of the molecule is CC(C)(C)C(=O)C1=C(O)C(=O)N(CCc2ccc(F)cc2)C1c1ccco1. The number of aliphatic hydroxyl groups is 1. The summed E-state index contributed by atoms with van der Waals surface area (Å²) >= 11 is 0. The van der Waals surface area contributed by atoms with Crippen LogP contribution in [0, 0.1) is 11.2 Å². The minimum atomic E-state index is -0.778. The van der Waals surface area contributed by atoms with Gasteiger partial charge in [0.25, 0.3) is 5.91 Å². The van der Waals surface area contributed by atoms with Gasteiger partial charge in [-0.25, -0.2) is 4.39 Å². The molecule has 1 aromatic carbocycles. The number of halogens is 1. The Balaban J connectivity index is 1.93. The van der Waals surface area contributed by atoms with Crippen molar-refractivity contribution >= 4 is 11.7 Å². The van der Waals surface area contributed by atoms with Crippen LogP contribution in [0.5, 0.6) is 0 Å². The average Bonchev–Trinajstić information content (AvgIpc) is 3.21. The zero-order valence-electron chi connectivity index (χ0n) is 15.5. The second-order valence-electron chi connectivity index (χ2n) is 7.63. The van der Waals surface area contributed by atoms with Gasteiger partial charge in [0.15, 0.2) is 11.5 Å². The van der Waals surface area contributed by atoms with E-state index < -0.39 is 23.1 Å². The predicted octanol–water partition coefficient (Wildman–Crippen LogP) is 3.97. The highest BCUT2D eigenvalue weighted by molar-refractivity contribution is 6.10. The third-order valence-electron chi connectivity index (χ3n) is 4.60. The van der Waals surface area contributed by atoms with E-state index in [-0.39, 0.29) is 23.7 Å². The number of aliphatic hydroxyl groups excluding tert-OH is 1. The van der Waals surface area contributed by atoms with E-state index in [0.29, 0.717) is 12.2 Å². The Hall–Kier alpha value is -2.89. The van der Waals surface area contributed by atoms with Crippen molar-refractivity contribution in [3.8, 4) is 0 Å². The first-order chi connectivity index (χ1) is 12.7. The monoisotopic (exact) mass is 371 g/mol. The fraction of sp³-hybridized carbons (Fsp3) is 0.333. The van der Waals surface area contributed by atoms with Crippen molar-refractivity contribution in [3.63, 3.8) is 0 Å². The number of carbonyl (C=O) groups is 2. The molecule has 0 saturated carbocycles. The third-order valence-corrected chi connectivity index (χ3v) is 4.60.